The molecule has 0 saturated carbocycles. The molecule has 0 radical (unpaired) electrons. The van der Waals surface area contributed by atoms with E-state index in [1.165, 1.54) is 25.7 Å². The third kappa shape index (κ3) is 13.7. The zero-order valence-corrected chi connectivity index (χ0v) is 20.1. The number of hydrogen-bond donors (Lipinski definition) is 1. The van der Waals surface area contributed by atoms with Gasteiger partial charge in [-0.25, -0.2) is 8.42 Å². The zero-order chi connectivity index (χ0) is 17.6. The van der Waals surface area contributed by atoms with Crippen molar-refractivity contribution in [1.82, 2.24) is 0 Å². The fourth-order valence-corrected chi connectivity index (χ4v) is 3.70. The number of aliphatic hydroxyl groups is 1. The van der Waals surface area contributed by atoms with Gasteiger partial charge >= 0.3 is 51.4 Å². The van der Waals surface area contributed by atoms with E-state index in [1.807, 2.05) is 0 Å². The minimum absolute atomic E-state index is 0. The van der Waals surface area contributed by atoms with Crippen LogP contribution in [0.4, 0.5) is 0 Å². The van der Waals surface area contributed by atoms with Crippen LogP contribution in [0.25, 0.3) is 0 Å². The van der Waals surface area contributed by atoms with E-state index in [2.05, 4.69) is 13.8 Å². The Bertz CT molecular complexity index is 373. The van der Waals surface area contributed by atoms with E-state index in [0.29, 0.717) is 12.8 Å². The van der Waals surface area contributed by atoms with Crippen LogP contribution in [0.1, 0.15) is 110 Å². The maximum Gasteiger partial charge on any atom is 1.00 e. The van der Waals surface area contributed by atoms with Crippen LogP contribution in [0, 0.1) is 0 Å². The molecule has 0 aliphatic carbocycles. The first-order valence-electron chi connectivity index (χ1n) is 9.55. The predicted octanol–water partition coefficient (Wildman–Crippen LogP) is 2.12. The molecule has 0 bridgehead atoms. The van der Waals surface area contributed by atoms with Crippen molar-refractivity contribution in [3.63, 3.8) is 0 Å². The summed E-state index contributed by atoms with van der Waals surface area (Å²) in [6.45, 7) is 4.31. The van der Waals surface area contributed by atoms with Crippen LogP contribution in [0.3, 0.4) is 0 Å². The van der Waals surface area contributed by atoms with Crippen molar-refractivity contribution >= 4 is 10.1 Å². The van der Waals surface area contributed by atoms with Gasteiger partial charge in [-0.1, -0.05) is 84.5 Å². The van der Waals surface area contributed by atoms with Gasteiger partial charge in [-0.2, -0.15) is 0 Å². The van der Waals surface area contributed by atoms with Gasteiger partial charge in [0.15, 0.2) is 4.93 Å². The molecule has 0 aliphatic rings. The third-order valence-corrected chi connectivity index (χ3v) is 5.90. The quantitative estimate of drug-likeness (QED) is 0.250. The van der Waals surface area contributed by atoms with Crippen LogP contribution in [0.15, 0.2) is 0 Å². The van der Waals surface area contributed by atoms with Crippen molar-refractivity contribution in [2.24, 2.45) is 0 Å². The molecule has 0 heterocycles. The Balaban J connectivity index is 0. The second-order valence-corrected chi connectivity index (χ2v) is 8.46. The molecule has 0 aromatic heterocycles. The Morgan fingerprint density at radius 2 is 1.00 bits per heavy atom. The van der Waals surface area contributed by atoms with Gasteiger partial charge in [0.2, 0.25) is 0 Å². The number of unbranched alkanes of at least 4 members (excludes halogenated alkanes) is 11. The monoisotopic (exact) mass is 388 g/mol. The maximum absolute atomic E-state index is 11.4. The molecule has 0 saturated heterocycles. The summed E-state index contributed by atoms with van der Waals surface area (Å²) in [6, 6.07) is 0. The molecule has 1 N–H and O–H groups in total. The van der Waals surface area contributed by atoms with Gasteiger partial charge in [-0.15, -0.1) is 0 Å². The molecule has 0 aromatic rings. The fraction of sp³-hybridized carbons (Fsp3) is 1.00. The van der Waals surface area contributed by atoms with E-state index in [9.17, 15) is 18.1 Å². The first-order chi connectivity index (χ1) is 10.9. The van der Waals surface area contributed by atoms with Crippen LogP contribution < -0.4 is 51.4 Å². The van der Waals surface area contributed by atoms with Crippen molar-refractivity contribution < 1.29 is 69.5 Å². The van der Waals surface area contributed by atoms with E-state index in [0.717, 1.165) is 44.9 Å². The molecule has 24 heavy (non-hydrogen) atoms. The Hall–Kier alpha value is 1.51. The summed E-state index contributed by atoms with van der Waals surface area (Å²) in [7, 11) is -4.66. The Kier molecular flexibility index (Phi) is 19.2. The van der Waals surface area contributed by atoms with Crippen molar-refractivity contribution in [2.45, 2.75) is 115 Å². The van der Waals surface area contributed by atoms with E-state index in [1.54, 1.807) is 0 Å². The molecule has 140 valence electrons. The molecule has 4 nitrogen and oxygen atoms in total. The Labute approximate surface area is 192 Å². The molecular weight excluding hydrogens is 351 g/mol. The van der Waals surface area contributed by atoms with Crippen molar-refractivity contribution in [3.05, 3.63) is 0 Å². The average molecular weight is 389 g/mol. The van der Waals surface area contributed by atoms with E-state index in [4.69, 9.17) is 0 Å². The molecular formula is C18H37KO4S. The summed E-state index contributed by atoms with van der Waals surface area (Å²) >= 11 is 0. The maximum atomic E-state index is 11.4. The van der Waals surface area contributed by atoms with Gasteiger partial charge < -0.3 is 9.66 Å². The molecule has 0 rings (SSSR count). The van der Waals surface area contributed by atoms with E-state index >= 15 is 0 Å². The van der Waals surface area contributed by atoms with Gasteiger partial charge in [-0.3, -0.25) is 0 Å². The minimum atomic E-state index is -4.66. The fourth-order valence-electron chi connectivity index (χ4n) is 2.91. The summed E-state index contributed by atoms with van der Waals surface area (Å²) in [6.07, 6.45) is 13.5. The van der Waals surface area contributed by atoms with Gasteiger partial charge in [-0.05, 0) is 25.7 Å². The average Bonchev–Trinajstić information content (AvgIpc) is 2.49. The van der Waals surface area contributed by atoms with E-state index < -0.39 is 15.1 Å². The summed E-state index contributed by atoms with van der Waals surface area (Å²) in [5.41, 5.74) is 0. The van der Waals surface area contributed by atoms with Crippen LogP contribution in [0.5, 0.6) is 0 Å². The van der Waals surface area contributed by atoms with Crippen LogP contribution in [-0.2, 0) is 10.1 Å². The number of rotatable bonds is 16. The van der Waals surface area contributed by atoms with Crippen LogP contribution >= 0.6 is 0 Å². The topological polar surface area (TPSA) is 77.4 Å². The molecule has 0 aromatic carbocycles. The largest absolute Gasteiger partial charge is 1.00 e. The molecule has 6 heteroatoms. The van der Waals surface area contributed by atoms with Crippen LogP contribution in [-0.4, -0.2) is 23.0 Å². The molecule has 1 atom stereocenters. The second kappa shape index (κ2) is 16.7. The zero-order valence-electron chi connectivity index (χ0n) is 16.2. The molecule has 1 unspecified atom stereocenters. The standard InChI is InChI=1S/C18H38O4S.K/c1-3-5-7-9-11-13-15-17-18(19,23(20,21)22)16-14-12-10-8-6-4-2;/h19H,3-17H2,1-2H3,(H,20,21,22);/q;+1/p-1. The Morgan fingerprint density at radius 1 is 0.708 bits per heavy atom. The van der Waals surface area contributed by atoms with Gasteiger partial charge in [0, 0.05) is 0 Å². The van der Waals surface area contributed by atoms with Crippen molar-refractivity contribution in [1.29, 1.82) is 0 Å². The summed E-state index contributed by atoms with van der Waals surface area (Å²) < 4.78 is 34.3. The second-order valence-electron chi connectivity index (χ2n) is 6.79. The smallest absolute Gasteiger partial charge is 0.746 e. The normalized spacial score (nSPS) is 14.2. The van der Waals surface area contributed by atoms with Gasteiger partial charge in [0.25, 0.3) is 0 Å². The first kappa shape index (κ1) is 27.7. The summed E-state index contributed by atoms with van der Waals surface area (Å²) in [5.74, 6) is 0. The summed E-state index contributed by atoms with van der Waals surface area (Å²) in [4.78, 5) is -2.05. The van der Waals surface area contributed by atoms with Crippen LogP contribution in [0.2, 0.25) is 0 Å². The van der Waals surface area contributed by atoms with Gasteiger partial charge in [0.1, 0.15) is 10.1 Å². The van der Waals surface area contributed by atoms with E-state index in [-0.39, 0.29) is 64.2 Å². The molecule has 0 spiro atoms. The van der Waals surface area contributed by atoms with Crippen molar-refractivity contribution in [2.75, 3.05) is 0 Å². The van der Waals surface area contributed by atoms with Gasteiger partial charge in [0.05, 0.1) is 0 Å². The Morgan fingerprint density at radius 3 is 1.29 bits per heavy atom. The number of hydrogen-bond acceptors (Lipinski definition) is 4. The molecule has 0 amide bonds. The molecule has 0 fully saturated rings. The third-order valence-electron chi connectivity index (χ3n) is 4.56. The van der Waals surface area contributed by atoms with Crippen molar-refractivity contribution in [3.8, 4) is 0 Å². The predicted molar refractivity (Wildman–Crippen MR) is 95.3 cm³/mol. The summed E-state index contributed by atoms with van der Waals surface area (Å²) in [5, 5.41) is 10.3. The SMILES string of the molecule is CCCCCCCCCC(O)(CCCCCCCC)S(=O)(=O)[O-].[K+]. The first-order valence-corrected chi connectivity index (χ1v) is 11.0. The molecule has 0 aliphatic heterocycles. The minimum Gasteiger partial charge on any atom is -0.746 e.